The molecule has 1 aromatic carbocycles. The second-order valence-corrected chi connectivity index (χ2v) is 2.68. The molecule has 1 atom stereocenters. The molecule has 0 aliphatic heterocycles. The SMILES string of the molecule is COc1ccc(O)cc1[C@@H](O)CN. The number of phenolic OH excluding ortho intramolecular Hbond substituents is 1. The van der Waals surface area contributed by atoms with Gasteiger partial charge in [-0.25, -0.2) is 0 Å². The van der Waals surface area contributed by atoms with Crippen molar-refractivity contribution >= 4 is 0 Å². The van der Waals surface area contributed by atoms with E-state index < -0.39 is 6.10 Å². The number of hydrogen-bond donors (Lipinski definition) is 3. The number of hydrogen-bond acceptors (Lipinski definition) is 4. The van der Waals surface area contributed by atoms with Crippen molar-refractivity contribution in [3.8, 4) is 11.5 Å². The van der Waals surface area contributed by atoms with Crippen LogP contribution in [0, 0.1) is 0 Å². The van der Waals surface area contributed by atoms with Crippen LogP contribution in [0.2, 0.25) is 0 Å². The van der Waals surface area contributed by atoms with Crippen molar-refractivity contribution in [2.75, 3.05) is 13.7 Å². The van der Waals surface area contributed by atoms with E-state index in [-0.39, 0.29) is 12.3 Å². The Morgan fingerprint density at radius 1 is 1.54 bits per heavy atom. The Balaban J connectivity index is 3.07. The molecule has 4 nitrogen and oxygen atoms in total. The maximum atomic E-state index is 9.45. The molecule has 0 bridgehead atoms. The lowest BCUT2D eigenvalue weighted by Gasteiger charge is -2.12. The van der Waals surface area contributed by atoms with Gasteiger partial charge in [0.2, 0.25) is 0 Å². The Morgan fingerprint density at radius 2 is 2.23 bits per heavy atom. The maximum absolute atomic E-state index is 9.45. The Labute approximate surface area is 76.6 Å². The first-order valence-corrected chi connectivity index (χ1v) is 3.94. The summed E-state index contributed by atoms with van der Waals surface area (Å²) in [5.41, 5.74) is 5.80. The molecule has 1 rings (SSSR count). The normalized spacial score (nSPS) is 12.5. The molecule has 72 valence electrons. The van der Waals surface area contributed by atoms with Gasteiger partial charge in [-0.15, -0.1) is 0 Å². The first kappa shape index (κ1) is 9.83. The number of ether oxygens (including phenoxy) is 1. The van der Waals surface area contributed by atoms with Gasteiger partial charge in [-0.2, -0.15) is 0 Å². The molecular formula is C9H13NO3. The number of aromatic hydroxyl groups is 1. The van der Waals surface area contributed by atoms with Crippen LogP contribution in [0.25, 0.3) is 0 Å². The van der Waals surface area contributed by atoms with Gasteiger partial charge in [0.1, 0.15) is 11.5 Å². The summed E-state index contributed by atoms with van der Waals surface area (Å²) in [5, 5.41) is 18.6. The van der Waals surface area contributed by atoms with Crippen LogP contribution >= 0.6 is 0 Å². The summed E-state index contributed by atoms with van der Waals surface area (Å²) in [6, 6.07) is 4.52. The summed E-state index contributed by atoms with van der Waals surface area (Å²) >= 11 is 0. The standard InChI is InChI=1S/C9H13NO3/c1-13-9-3-2-6(11)4-7(9)8(12)5-10/h2-4,8,11-12H,5,10H2,1H3/t8-/m0/s1. The third-order valence-electron chi connectivity index (χ3n) is 1.80. The summed E-state index contributed by atoms with van der Waals surface area (Å²) in [7, 11) is 1.50. The van der Waals surface area contributed by atoms with Crippen LogP contribution in [0.3, 0.4) is 0 Å². The summed E-state index contributed by atoms with van der Waals surface area (Å²) in [6.45, 7) is 0.0970. The number of rotatable bonds is 3. The first-order chi connectivity index (χ1) is 6.19. The topological polar surface area (TPSA) is 75.7 Å². The van der Waals surface area contributed by atoms with Gasteiger partial charge in [-0.3, -0.25) is 0 Å². The van der Waals surface area contributed by atoms with Crippen LogP contribution in [-0.2, 0) is 0 Å². The van der Waals surface area contributed by atoms with E-state index in [0.29, 0.717) is 11.3 Å². The minimum atomic E-state index is -0.804. The molecule has 0 aliphatic carbocycles. The number of benzene rings is 1. The highest BCUT2D eigenvalue weighted by molar-refractivity contribution is 5.41. The number of nitrogens with two attached hydrogens (primary N) is 1. The first-order valence-electron chi connectivity index (χ1n) is 3.94. The average Bonchev–Trinajstić information content (AvgIpc) is 2.16. The van der Waals surface area contributed by atoms with E-state index in [4.69, 9.17) is 15.6 Å². The number of aliphatic hydroxyl groups is 1. The lowest BCUT2D eigenvalue weighted by atomic mass is 10.1. The van der Waals surface area contributed by atoms with E-state index in [1.165, 1.54) is 19.2 Å². The second kappa shape index (κ2) is 4.11. The number of methoxy groups -OCH3 is 1. The van der Waals surface area contributed by atoms with Crippen LogP contribution in [-0.4, -0.2) is 23.9 Å². The van der Waals surface area contributed by atoms with Gasteiger partial charge in [-0.1, -0.05) is 0 Å². The largest absolute Gasteiger partial charge is 0.508 e. The van der Waals surface area contributed by atoms with Crippen LogP contribution in [0.15, 0.2) is 18.2 Å². The zero-order valence-corrected chi connectivity index (χ0v) is 7.40. The predicted octanol–water partition coefficient (Wildman–Crippen LogP) is 0.393. The number of phenols is 1. The molecule has 0 aliphatic rings. The van der Waals surface area contributed by atoms with E-state index in [9.17, 15) is 5.11 Å². The minimum absolute atomic E-state index is 0.0864. The molecule has 0 fully saturated rings. The van der Waals surface area contributed by atoms with Crippen molar-refractivity contribution in [3.05, 3.63) is 23.8 Å². The lowest BCUT2D eigenvalue weighted by molar-refractivity contribution is 0.181. The molecule has 4 heteroatoms. The van der Waals surface area contributed by atoms with Crippen LogP contribution < -0.4 is 10.5 Å². The molecule has 4 N–H and O–H groups in total. The van der Waals surface area contributed by atoms with Crippen LogP contribution in [0.1, 0.15) is 11.7 Å². The Kier molecular flexibility index (Phi) is 3.11. The lowest BCUT2D eigenvalue weighted by Crippen LogP contribution is -2.12. The highest BCUT2D eigenvalue weighted by Gasteiger charge is 2.11. The van der Waals surface area contributed by atoms with Crippen molar-refractivity contribution in [2.45, 2.75) is 6.10 Å². The average molecular weight is 183 g/mol. The summed E-state index contributed by atoms with van der Waals surface area (Å²) < 4.78 is 5.00. The van der Waals surface area contributed by atoms with Crippen molar-refractivity contribution in [1.82, 2.24) is 0 Å². The van der Waals surface area contributed by atoms with Crippen molar-refractivity contribution in [3.63, 3.8) is 0 Å². The predicted molar refractivity (Wildman–Crippen MR) is 48.7 cm³/mol. The van der Waals surface area contributed by atoms with E-state index in [1.807, 2.05) is 0 Å². The van der Waals surface area contributed by atoms with Gasteiger partial charge >= 0.3 is 0 Å². The van der Waals surface area contributed by atoms with E-state index in [1.54, 1.807) is 6.07 Å². The number of aliphatic hydroxyl groups excluding tert-OH is 1. The zero-order chi connectivity index (χ0) is 9.84. The quantitative estimate of drug-likeness (QED) is 0.633. The highest BCUT2D eigenvalue weighted by atomic mass is 16.5. The van der Waals surface area contributed by atoms with Crippen LogP contribution in [0.4, 0.5) is 0 Å². The molecule has 0 saturated carbocycles. The molecule has 1 aromatic rings. The Bertz CT molecular complexity index is 288. The van der Waals surface area contributed by atoms with E-state index in [2.05, 4.69) is 0 Å². The van der Waals surface area contributed by atoms with Gasteiger partial charge in [0.15, 0.2) is 0 Å². The molecule has 0 amide bonds. The van der Waals surface area contributed by atoms with Gasteiger partial charge < -0.3 is 20.7 Å². The van der Waals surface area contributed by atoms with Crippen molar-refractivity contribution in [2.24, 2.45) is 5.73 Å². The van der Waals surface area contributed by atoms with Crippen LogP contribution in [0.5, 0.6) is 11.5 Å². The fourth-order valence-electron chi connectivity index (χ4n) is 1.11. The molecule has 0 saturated heterocycles. The molecule has 0 aromatic heterocycles. The zero-order valence-electron chi connectivity index (χ0n) is 7.40. The Morgan fingerprint density at radius 3 is 2.77 bits per heavy atom. The second-order valence-electron chi connectivity index (χ2n) is 2.68. The third-order valence-corrected chi connectivity index (χ3v) is 1.80. The highest BCUT2D eigenvalue weighted by Crippen LogP contribution is 2.28. The third kappa shape index (κ3) is 2.11. The Hall–Kier alpha value is -1.26. The molecular weight excluding hydrogens is 170 g/mol. The van der Waals surface area contributed by atoms with Gasteiger partial charge in [-0.05, 0) is 18.2 Å². The molecule has 0 heterocycles. The monoisotopic (exact) mass is 183 g/mol. The fourth-order valence-corrected chi connectivity index (χ4v) is 1.11. The fraction of sp³-hybridized carbons (Fsp3) is 0.333. The summed E-state index contributed by atoms with van der Waals surface area (Å²) in [5.74, 6) is 0.610. The van der Waals surface area contributed by atoms with Crippen molar-refractivity contribution < 1.29 is 14.9 Å². The van der Waals surface area contributed by atoms with E-state index >= 15 is 0 Å². The summed E-state index contributed by atoms with van der Waals surface area (Å²) in [4.78, 5) is 0. The smallest absolute Gasteiger partial charge is 0.124 e. The van der Waals surface area contributed by atoms with E-state index in [0.717, 1.165) is 0 Å². The molecule has 0 spiro atoms. The maximum Gasteiger partial charge on any atom is 0.124 e. The van der Waals surface area contributed by atoms with Gasteiger partial charge in [0.25, 0.3) is 0 Å². The van der Waals surface area contributed by atoms with Gasteiger partial charge in [0, 0.05) is 12.1 Å². The van der Waals surface area contributed by atoms with Crippen molar-refractivity contribution in [1.29, 1.82) is 0 Å². The minimum Gasteiger partial charge on any atom is -0.508 e. The molecule has 0 unspecified atom stereocenters. The van der Waals surface area contributed by atoms with Gasteiger partial charge in [0.05, 0.1) is 13.2 Å². The molecule has 13 heavy (non-hydrogen) atoms. The summed E-state index contributed by atoms with van der Waals surface area (Å²) in [6.07, 6.45) is -0.804. The molecule has 0 radical (unpaired) electrons.